The number of Topliss-reactive ketones (excluding diaryl/α,β-unsaturated/α-hetero) is 1. The van der Waals surface area contributed by atoms with Gasteiger partial charge in [-0.05, 0) is 110 Å². The summed E-state index contributed by atoms with van der Waals surface area (Å²) in [5.74, 6) is -8.51. The number of hydroxylamine groups is 1. The number of hydrogen-bond acceptors (Lipinski definition) is 17. The third-order valence-electron chi connectivity index (χ3n) is 9.11. The average molecular weight is 1240 g/mol. The molecule has 308 valence electrons. The van der Waals surface area contributed by atoms with E-state index in [4.69, 9.17) is 15.1 Å². The number of aliphatic hydroxyl groups is 4. The Morgan fingerprint density at radius 3 is 1.68 bits per heavy atom. The predicted molar refractivity (Wildman–Crippen MR) is 224 cm³/mol. The lowest BCUT2D eigenvalue weighted by molar-refractivity contribution is -0.163. The van der Waals surface area contributed by atoms with Crippen LogP contribution in [0.4, 0.5) is 0 Å². The lowest BCUT2D eigenvalue weighted by atomic mass is 9.80. The van der Waals surface area contributed by atoms with Crippen molar-refractivity contribution in [2.24, 2.45) is 5.92 Å². The van der Waals surface area contributed by atoms with Crippen LogP contribution in [0.5, 0.6) is 23.0 Å². The standard InChI is InChI=1S/C32H37I4N5O15/c1-9(44)25(32(54)55)41-6-14-39-24(19-28(50)22(35)18(23(36)29(19)51)31(53)38-5-12(46)8-43)10(3-15(47)56-40-14)2-13(41)16-26(48)20(33)17(21(34)27(16)49)30(52)37-4-11(45)7-42/h10-14,24-25,39-40,42-43,45-46,48-51H,2-8H2,1H3,(H,37,52)(H,38,53)(H,54,55). The zero-order valence-corrected chi connectivity index (χ0v) is 37.6. The molecule has 7 atom stereocenters. The highest BCUT2D eigenvalue weighted by atomic mass is 127. The normalized spacial score (nSPS) is 21.8. The number of nitrogens with one attached hydrogen (secondary N) is 4. The van der Waals surface area contributed by atoms with E-state index in [9.17, 15) is 59.7 Å². The Morgan fingerprint density at radius 2 is 1.27 bits per heavy atom. The molecule has 24 heteroatoms. The summed E-state index contributed by atoms with van der Waals surface area (Å²) in [6, 6.07) is -4.53. The fourth-order valence-corrected chi connectivity index (χ4v) is 10.8. The number of phenolic OH excluding ortho intramolecular Hbond substituents is 4. The molecule has 56 heavy (non-hydrogen) atoms. The first kappa shape index (κ1) is 46.5. The third kappa shape index (κ3) is 9.81. The molecule has 20 nitrogen and oxygen atoms in total. The van der Waals surface area contributed by atoms with Crippen molar-refractivity contribution in [2.45, 2.75) is 56.3 Å². The Balaban J connectivity index is 1.95. The summed E-state index contributed by atoms with van der Waals surface area (Å²) in [4.78, 5) is 71.6. The number of aromatic hydroxyl groups is 4. The highest BCUT2D eigenvalue weighted by Gasteiger charge is 2.47. The second-order valence-electron chi connectivity index (χ2n) is 12.9. The van der Waals surface area contributed by atoms with Gasteiger partial charge in [-0.15, -0.1) is 5.48 Å². The van der Waals surface area contributed by atoms with E-state index < -0.39 is 121 Å². The van der Waals surface area contributed by atoms with Crippen LogP contribution in [0.1, 0.15) is 63.7 Å². The molecule has 2 fully saturated rings. The van der Waals surface area contributed by atoms with Crippen molar-refractivity contribution >= 4 is 120 Å². The van der Waals surface area contributed by atoms with Crippen molar-refractivity contribution < 1.29 is 74.8 Å². The smallest absolute Gasteiger partial charge is 0.328 e. The number of ketones is 1. The highest BCUT2D eigenvalue weighted by Crippen LogP contribution is 2.52. The summed E-state index contributed by atoms with van der Waals surface area (Å²) >= 11 is 6.65. The molecule has 2 heterocycles. The van der Waals surface area contributed by atoms with Crippen molar-refractivity contribution in [3.8, 4) is 23.0 Å². The number of nitrogens with zero attached hydrogens (tertiary/aromatic N) is 1. The molecular weight excluding hydrogens is 1200 g/mol. The fourth-order valence-electron chi connectivity index (χ4n) is 6.50. The van der Waals surface area contributed by atoms with Crippen LogP contribution in [0.25, 0.3) is 0 Å². The van der Waals surface area contributed by atoms with Crippen molar-refractivity contribution in [1.82, 2.24) is 26.3 Å². The maximum Gasteiger partial charge on any atom is 0.328 e. The van der Waals surface area contributed by atoms with Gasteiger partial charge in [0.25, 0.3) is 11.8 Å². The van der Waals surface area contributed by atoms with E-state index in [0.29, 0.717) is 0 Å². The van der Waals surface area contributed by atoms with Crippen LogP contribution >= 0.6 is 90.4 Å². The molecule has 2 bridgehead atoms. The molecule has 0 aromatic heterocycles. The zero-order chi connectivity index (χ0) is 41.9. The van der Waals surface area contributed by atoms with Gasteiger partial charge < -0.3 is 61.4 Å². The van der Waals surface area contributed by atoms with Crippen LogP contribution in [0.3, 0.4) is 0 Å². The Labute approximate surface area is 372 Å². The van der Waals surface area contributed by atoms with Crippen molar-refractivity contribution in [2.75, 3.05) is 32.8 Å². The van der Waals surface area contributed by atoms with Gasteiger partial charge in [-0.2, -0.15) is 0 Å². The molecule has 2 saturated heterocycles. The van der Waals surface area contributed by atoms with E-state index in [1.165, 1.54) is 0 Å². The van der Waals surface area contributed by atoms with E-state index in [1.807, 2.05) is 0 Å². The van der Waals surface area contributed by atoms with Crippen molar-refractivity contribution in [3.63, 3.8) is 0 Å². The molecule has 0 radical (unpaired) electrons. The van der Waals surface area contributed by atoms with E-state index in [1.54, 1.807) is 90.4 Å². The number of halogens is 4. The minimum absolute atomic E-state index is 0.0389. The number of carboxylic acids is 1. The number of aliphatic carboxylic acids is 1. The van der Waals surface area contributed by atoms with Crippen LogP contribution in [0.15, 0.2) is 0 Å². The number of carboxylic acid groups (broad SMARTS) is 1. The van der Waals surface area contributed by atoms with Gasteiger partial charge in [0, 0.05) is 31.7 Å². The molecule has 0 aliphatic carbocycles. The van der Waals surface area contributed by atoms with Gasteiger partial charge in [0.2, 0.25) is 0 Å². The van der Waals surface area contributed by atoms with Crippen LogP contribution in [0, 0.1) is 20.2 Å². The predicted octanol–water partition coefficient (Wildman–Crippen LogP) is -0.393. The largest absolute Gasteiger partial charge is 0.506 e. The third-order valence-corrected chi connectivity index (χ3v) is 13.3. The Hall–Kier alpha value is -2.17. The number of carbonyl (C=O) groups is 5. The molecule has 2 aliphatic heterocycles. The van der Waals surface area contributed by atoms with Gasteiger partial charge in [-0.1, -0.05) is 0 Å². The second-order valence-corrected chi connectivity index (χ2v) is 17.2. The molecule has 2 aromatic rings. The quantitative estimate of drug-likeness (QED) is 0.0897. The van der Waals surface area contributed by atoms with E-state index in [2.05, 4.69) is 21.4 Å². The maximum atomic E-state index is 13.2. The Bertz CT molecular complexity index is 1830. The summed E-state index contributed by atoms with van der Waals surface area (Å²) in [6.07, 6.45) is -4.72. The monoisotopic (exact) mass is 1240 g/mol. The number of hydrogen-bond donors (Lipinski definition) is 13. The lowest BCUT2D eigenvalue weighted by Gasteiger charge is -2.45. The van der Waals surface area contributed by atoms with Gasteiger partial charge in [0.1, 0.15) is 29.2 Å². The summed E-state index contributed by atoms with van der Waals surface area (Å²) in [7, 11) is 0. The minimum Gasteiger partial charge on any atom is -0.506 e. The van der Waals surface area contributed by atoms with Crippen LogP contribution in [-0.2, 0) is 19.2 Å². The molecule has 0 spiro atoms. The van der Waals surface area contributed by atoms with Crippen LogP contribution < -0.4 is 21.4 Å². The Morgan fingerprint density at radius 1 is 0.821 bits per heavy atom. The van der Waals surface area contributed by atoms with Crippen molar-refractivity contribution in [3.05, 3.63) is 36.5 Å². The number of carbonyl (C=O) groups excluding carboxylic acids is 4. The highest BCUT2D eigenvalue weighted by molar-refractivity contribution is 14.1. The van der Waals surface area contributed by atoms with E-state index >= 15 is 0 Å². The van der Waals surface area contributed by atoms with Gasteiger partial charge in [0.05, 0.1) is 68.4 Å². The van der Waals surface area contributed by atoms with Gasteiger partial charge in [0.15, 0.2) is 11.8 Å². The first-order valence-electron chi connectivity index (χ1n) is 16.5. The lowest BCUT2D eigenvalue weighted by Crippen LogP contribution is -2.61. The number of fused-ring (bicyclic) bond motifs is 3. The first-order valence-corrected chi connectivity index (χ1v) is 20.8. The SMILES string of the molecule is CC(=O)C(C(=O)O)N1CC2NOC(=O)CC(CC1c1c(O)c(I)c(C(=O)NCC(O)CO)c(I)c1O)C(c1c(O)c(I)c(C(=O)NCC(O)CO)c(I)c1O)N2. The van der Waals surface area contributed by atoms with Gasteiger partial charge in [-0.25, -0.2) is 0 Å². The number of amides is 2. The minimum atomic E-state index is -1.90. The molecule has 4 rings (SSSR count). The molecule has 13 N–H and O–H groups in total. The van der Waals surface area contributed by atoms with Crippen molar-refractivity contribution in [1.29, 1.82) is 0 Å². The average Bonchev–Trinajstić information content (AvgIpc) is 3.13. The fraction of sp³-hybridized carbons (Fsp3) is 0.469. The second kappa shape index (κ2) is 19.7. The van der Waals surface area contributed by atoms with E-state index in [-0.39, 0.29) is 56.0 Å². The number of rotatable bonds is 13. The number of aliphatic hydroxyl groups excluding tert-OH is 4. The molecule has 0 saturated carbocycles. The topological polar surface area (TPSA) is 328 Å². The number of phenols is 4. The molecule has 2 aromatic carbocycles. The van der Waals surface area contributed by atoms with Crippen LogP contribution in [0.2, 0.25) is 0 Å². The molecule has 7 unspecified atom stereocenters. The zero-order valence-electron chi connectivity index (χ0n) is 28.9. The molecular formula is C32H37I4N5O15. The first-order chi connectivity index (χ1) is 26.3. The molecule has 2 aliphatic rings. The summed E-state index contributed by atoms with van der Waals surface area (Å²) in [5.41, 5.74) is 1.62. The maximum absolute atomic E-state index is 13.2. The summed E-state index contributed by atoms with van der Waals surface area (Å²) in [6.45, 7) is -1.49. The van der Waals surface area contributed by atoms with E-state index in [0.717, 1.165) is 11.8 Å². The van der Waals surface area contributed by atoms with Crippen LogP contribution in [-0.4, -0.2) is 138 Å². The molecule has 2 amide bonds. The summed E-state index contributed by atoms with van der Waals surface area (Å²) < 4.78 is -0.301. The van der Waals surface area contributed by atoms with Gasteiger partial charge >= 0.3 is 11.9 Å². The number of benzene rings is 2. The summed E-state index contributed by atoms with van der Waals surface area (Å²) in [5, 5.41) is 103. The Kier molecular flexibility index (Phi) is 16.4. The van der Waals surface area contributed by atoms with Gasteiger partial charge in [-0.3, -0.25) is 34.2 Å².